The Labute approximate surface area is 88.4 Å². The van der Waals surface area contributed by atoms with E-state index >= 15 is 0 Å². The number of hydrogen-bond donors (Lipinski definition) is 2. The van der Waals surface area contributed by atoms with Crippen molar-refractivity contribution in [1.29, 1.82) is 0 Å². The van der Waals surface area contributed by atoms with Crippen molar-refractivity contribution >= 4 is 12.0 Å². The van der Waals surface area contributed by atoms with Crippen LogP contribution in [0.1, 0.15) is 25.7 Å². The molecule has 1 aromatic rings. The van der Waals surface area contributed by atoms with E-state index in [9.17, 15) is 0 Å². The second kappa shape index (κ2) is 3.40. The minimum Gasteiger partial charge on any atom is -0.390 e. The van der Waals surface area contributed by atoms with Gasteiger partial charge in [-0.25, -0.2) is 0 Å². The molecular formula is C10H16N4O. The summed E-state index contributed by atoms with van der Waals surface area (Å²) in [5.41, 5.74) is 5.34. The van der Waals surface area contributed by atoms with Gasteiger partial charge in [-0.1, -0.05) is 16.6 Å². The number of anilines is 2. The quantitative estimate of drug-likeness (QED) is 0.787. The predicted molar refractivity (Wildman–Crippen MR) is 56.1 cm³/mol. The first-order chi connectivity index (χ1) is 7.31. The van der Waals surface area contributed by atoms with Crippen molar-refractivity contribution in [3.8, 4) is 0 Å². The van der Waals surface area contributed by atoms with Gasteiger partial charge in [-0.3, -0.25) is 0 Å². The summed E-state index contributed by atoms with van der Waals surface area (Å²) in [5.74, 6) is 2.69. The van der Waals surface area contributed by atoms with E-state index in [0.717, 1.165) is 24.3 Å². The van der Waals surface area contributed by atoms with Crippen molar-refractivity contribution in [3.63, 3.8) is 0 Å². The molecule has 15 heavy (non-hydrogen) atoms. The third-order valence-corrected chi connectivity index (χ3v) is 3.84. The standard InChI is InChI=1S/C10H16N4O/c11-9-13-14-10(15-9)12-5-8-4-6-1-2-7(8)3-6/h6-8H,1-5H2,(H2,11,13)(H,12,14). The van der Waals surface area contributed by atoms with E-state index < -0.39 is 0 Å². The fourth-order valence-corrected chi connectivity index (χ4v) is 3.15. The Bertz CT molecular complexity index is 351. The number of hydrogen-bond acceptors (Lipinski definition) is 5. The number of fused-ring (bicyclic) bond motifs is 2. The third kappa shape index (κ3) is 1.66. The molecular weight excluding hydrogens is 192 g/mol. The van der Waals surface area contributed by atoms with Crippen molar-refractivity contribution in [3.05, 3.63) is 0 Å². The molecule has 82 valence electrons. The van der Waals surface area contributed by atoms with Crippen LogP contribution in [0.25, 0.3) is 0 Å². The number of rotatable bonds is 3. The highest BCUT2D eigenvalue weighted by atomic mass is 16.4. The van der Waals surface area contributed by atoms with E-state index in [-0.39, 0.29) is 6.01 Å². The molecule has 3 atom stereocenters. The average molecular weight is 208 g/mol. The molecule has 2 bridgehead atoms. The lowest BCUT2D eigenvalue weighted by Crippen LogP contribution is -2.20. The van der Waals surface area contributed by atoms with Crippen LogP contribution < -0.4 is 11.1 Å². The largest absolute Gasteiger partial charge is 0.390 e. The van der Waals surface area contributed by atoms with E-state index in [1.165, 1.54) is 25.7 Å². The molecule has 0 spiro atoms. The molecule has 1 aromatic heterocycles. The van der Waals surface area contributed by atoms with Gasteiger partial charge in [0.05, 0.1) is 0 Å². The molecule has 3 rings (SSSR count). The van der Waals surface area contributed by atoms with E-state index in [4.69, 9.17) is 10.2 Å². The van der Waals surface area contributed by atoms with Gasteiger partial charge < -0.3 is 15.5 Å². The number of aromatic nitrogens is 2. The van der Waals surface area contributed by atoms with Crippen molar-refractivity contribution in [2.45, 2.75) is 25.7 Å². The van der Waals surface area contributed by atoms with Crippen LogP contribution in [0.15, 0.2) is 4.42 Å². The van der Waals surface area contributed by atoms with E-state index in [1.807, 2.05) is 0 Å². The summed E-state index contributed by atoms with van der Waals surface area (Å²) in [6.45, 7) is 0.947. The topological polar surface area (TPSA) is 77.0 Å². The van der Waals surface area contributed by atoms with Crippen LogP contribution in [-0.2, 0) is 0 Å². The van der Waals surface area contributed by atoms with Gasteiger partial charge in [0.1, 0.15) is 0 Å². The highest BCUT2D eigenvalue weighted by Gasteiger charge is 2.39. The van der Waals surface area contributed by atoms with Crippen molar-refractivity contribution in [1.82, 2.24) is 10.2 Å². The Balaban J connectivity index is 1.54. The summed E-state index contributed by atoms with van der Waals surface area (Å²) in [6.07, 6.45) is 5.64. The summed E-state index contributed by atoms with van der Waals surface area (Å²) in [6, 6.07) is 0.584. The summed E-state index contributed by atoms with van der Waals surface area (Å²) >= 11 is 0. The second-order valence-corrected chi connectivity index (χ2v) is 4.76. The van der Waals surface area contributed by atoms with E-state index in [2.05, 4.69) is 15.5 Å². The van der Waals surface area contributed by atoms with Gasteiger partial charge in [-0.05, 0) is 37.0 Å². The first-order valence-electron chi connectivity index (χ1n) is 5.64. The molecule has 2 saturated carbocycles. The fourth-order valence-electron chi connectivity index (χ4n) is 3.15. The zero-order valence-electron chi connectivity index (χ0n) is 8.65. The summed E-state index contributed by atoms with van der Waals surface area (Å²) in [4.78, 5) is 0. The van der Waals surface area contributed by atoms with Gasteiger partial charge in [0.2, 0.25) is 0 Å². The molecule has 2 fully saturated rings. The molecule has 0 radical (unpaired) electrons. The molecule has 5 nitrogen and oxygen atoms in total. The smallest absolute Gasteiger partial charge is 0.316 e. The third-order valence-electron chi connectivity index (χ3n) is 3.84. The normalized spacial score (nSPS) is 33.5. The van der Waals surface area contributed by atoms with Crippen LogP contribution in [-0.4, -0.2) is 16.7 Å². The van der Waals surface area contributed by atoms with Gasteiger partial charge in [0, 0.05) is 6.54 Å². The SMILES string of the molecule is Nc1nnc(NCC2CC3CCC2C3)o1. The molecule has 3 unspecified atom stereocenters. The van der Waals surface area contributed by atoms with Gasteiger partial charge in [-0.15, -0.1) is 0 Å². The van der Waals surface area contributed by atoms with Gasteiger partial charge in [0.15, 0.2) is 0 Å². The molecule has 2 aliphatic carbocycles. The van der Waals surface area contributed by atoms with Crippen LogP contribution in [0.4, 0.5) is 12.0 Å². The summed E-state index contributed by atoms with van der Waals surface area (Å²) < 4.78 is 5.07. The van der Waals surface area contributed by atoms with E-state index in [0.29, 0.717) is 6.01 Å². The predicted octanol–water partition coefficient (Wildman–Crippen LogP) is 1.50. The Kier molecular flexibility index (Phi) is 2.04. The van der Waals surface area contributed by atoms with E-state index in [1.54, 1.807) is 0 Å². The van der Waals surface area contributed by atoms with Gasteiger partial charge in [0.25, 0.3) is 0 Å². The van der Waals surface area contributed by atoms with Crippen LogP contribution in [0.5, 0.6) is 0 Å². The van der Waals surface area contributed by atoms with Crippen molar-refractivity contribution in [2.24, 2.45) is 17.8 Å². The number of nitrogens with zero attached hydrogens (tertiary/aromatic N) is 2. The minimum atomic E-state index is 0.130. The van der Waals surface area contributed by atoms with Crippen molar-refractivity contribution in [2.75, 3.05) is 17.6 Å². The first-order valence-corrected chi connectivity index (χ1v) is 5.64. The zero-order valence-corrected chi connectivity index (χ0v) is 8.65. The zero-order chi connectivity index (χ0) is 10.3. The Hall–Kier alpha value is -1.26. The van der Waals surface area contributed by atoms with Crippen LogP contribution in [0.2, 0.25) is 0 Å². The molecule has 0 amide bonds. The van der Waals surface area contributed by atoms with Gasteiger partial charge in [-0.2, -0.15) is 0 Å². The second-order valence-electron chi connectivity index (χ2n) is 4.76. The number of nitrogens with two attached hydrogens (primary N) is 1. The Morgan fingerprint density at radius 1 is 1.33 bits per heavy atom. The maximum Gasteiger partial charge on any atom is 0.316 e. The monoisotopic (exact) mass is 208 g/mol. The van der Waals surface area contributed by atoms with Crippen LogP contribution in [0, 0.1) is 17.8 Å². The minimum absolute atomic E-state index is 0.130. The Morgan fingerprint density at radius 2 is 2.27 bits per heavy atom. The lowest BCUT2D eigenvalue weighted by atomic mass is 9.89. The highest BCUT2D eigenvalue weighted by molar-refractivity contribution is 5.22. The first kappa shape index (κ1) is 9.00. The molecule has 0 aromatic carbocycles. The molecule has 5 heteroatoms. The maximum absolute atomic E-state index is 5.34. The number of nitrogens with one attached hydrogen (secondary N) is 1. The fraction of sp³-hybridized carbons (Fsp3) is 0.800. The average Bonchev–Trinajstić information content (AvgIpc) is 2.90. The summed E-state index contributed by atoms with van der Waals surface area (Å²) in [7, 11) is 0. The molecule has 0 saturated heterocycles. The van der Waals surface area contributed by atoms with Crippen molar-refractivity contribution < 1.29 is 4.42 Å². The molecule has 3 N–H and O–H groups in total. The lowest BCUT2D eigenvalue weighted by molar-refractivity contribution is 0.346. The van der Waals surface area contributed by atoms with Gasteiger partial charge >= 0.3 is 12.0 Å². The number of nitrogen functional groups attached to an aromatic ring is 1. The maximum atomic E-state index is 5.34. The lowest BCUT2D eigenvalue weighted by Gasteiger charge is -2.21. The van der Waals surface area contributed by atoms with Crippen LogP contribution in [0.3, 0.4) is 0 Å². The molecule has 0 aliphatic heterocycles. The highest BCUT2D eigenvalue weighted by Crippen LogP contribution is 2.48. The summed E-state index contributed by atoms with van der Waals surface area (Å²) in [5, 5.41) is 10.6. The van der Waals surface area contributed by atoms with Crippen LogP contribution >= 0.6 is 0 Å². The Morgan fingerprint density at radius 3 is 2.87 bits per heavy atom. The molecule has 1 heterocycles. The molecule has 2 aliphatic rings.